The van der Waals surface area contributed by atoms with Crippen molar-refractivity contribution in [1.82, 2.24) is 5.32 Å². The SMILES string of the molecule is COc1cc2c(cc1CN[C@@H](CO)C(=O)O)C(=O)N(c1cccc(-c3ccccc3)c1C)C2=O. The standard InChI is InChI=1S/C26H24N2O6/c1-15-18(16-7-4-3-5-8-16)9-6-10-22(15)28-24(30)19-11-17(13-27-21(14-29)26(32)33)23(34-2)12-20(19)25(28)31/h3-12,21,27,29H,13-14H2,1-2H3,(H,32,33)/t21-/m0/s1. The van der Waals surface area contributed by atoms with Gasteiger partial charge in [0.1, 0.15) is 11.8 Å². The first-order chi connectivity index (χ1) is 16.4. The number of nitrogens with one attached hydrogen (secondary N) is 1. The topological polar surface area (TPSA) is 116 Å². The molecule has 0 saturated carbocycles. The molecule has 3 aromatic rings. The van der Waals surface area contributed by atoms with E-state index in [1.165, 1.54) is 19.2 Å². The van der Waals surface area contributed by atoms with Crippen molar-refractivity contribution in [2.24, 2.45) is 0 Å². The van der Waals surface area contributed by atoms with Crippen LogP contribution in [0.25, 0.3) is 11.1 Å². The number of carbonyl (C=O) groups excluding carboxylic acids is 2. The van der Waals surface area contributed by atoms with E-state index in [1.54, 1.807) is 6.07 Å². The summed E-state index contributed by atoms with van der Waals surface area (Å²) in [6.45, 7) is 1.31. The molecule has 0 radical (unpaired) electrons. The molecule has 8 nitrogen and oxygen atoms in total. The number of benzene rings is 3. The number of nitrogens with zero attached hydrogens (tertiary/aromatic N) is 1. The lowest BCUT2D eigenvalue weighted by molar-refractivity contribution is -0.140. The number of carboxylic acids is 1. The molecule has 0 spiro atoms. The summed E-state index contributed by atoms with van der Waals surface area (Å²) < 4.78 is 5.39. The van der Waals surface area contributed by atoms with Crippen molar-refractivity contribution in [3.05, 3.63) is 82.9 Å². The van der Waals surface area contributed by atoms with Crippen molar-refractivity contribution in [2.45, 2.75) is 19.5 Å². The minimum absolute atomic E-state index is 0.0258. The lowest BCUT2D eigenvalue weighted by Crippen LogP contribution is -2.39. The van der Waals surface area contributed by atoms with Gasteiger partial charge in [-0.3, -0.25) is 19.7 Å². The van der Waals surface area contributed by atoms with Crippen LogP contribution in [0.2, 0.25) is 0 Å². The number of ether oxygens (including phenoxy) is 1. The highest BCUT2D eigenvalue weighted by Crippen LogP contribution is 2.37. The number of anilines is 1. The fourth-order valence-electron chi connectivity index (χ4n) is 4.12. The first kappa shape index (κ1) is 23.2. The fourth-order valence-corrected chi connectivity index (χ4v) is 4.12. The number of hydrogen-bond acceptors (Lipinski definition) is 6. The predicted molar refractivity (Wildman–Crippen MR) is 126 cm³/mol. The second kappa shape index (κ2) is 9.46. The van der Waals surface area contributed by atoms with Crippen LogP contribution in [0.5, 0.6) is 5.75 Å². The zero-order valence-electron chi connectivity index (χ0n) is 18.7. The van der Waals surface area contributed by atoms with E-state index in [2.05, 4.69) is 5.32 Å². The van der Waals surface area contributed by atoms with Crippen molar-refractivity contribution in [1.29, 1.82) is 0 Å². The van der Waals surface area contributed by atoms with Crippen LogP contribution >= 0.6 is 0 Å². The molecule has 8 heteroatoms. The van der Waals surface area contributed by atoms with Crippen molar-refractivity contribution in [3.8, 4) is 16.9 Å². The summed E-state index contributed by atoms with van der Waals surface area (Å²) in [5, 5.41) is 21.1. The number of amides is 2. The average molecular weight is 460 g/mol. The number of hydrogen-bond donors (Lipinski definition) is 3. The molecule has 0 aliphatic carbocycles. The molecule has 2 amide bonds. The number of imide groups is 1. The molecule has 4 rings (SSSR count). The summed E-state index contributed by atoms with van der Waals surface area (Å²) in [6, 6.07) is 17.1. The molecule has 34 heavy (non-hydrogen) atoms. The Morgan fingerprint density at radius 1 is 1.00 bits per heavy atom. The number of carbonyl (C=O) groups is 3. The van der Waals surface area contributed by atoms with Crippen LogP contribution < -0.4 is 15.0 Å². The van der Waals surface area contributed by atoms with Gasteiger partial charge in [0, 0.05) is 12.1 Å². The molecular weight excluding hydrogens is 436 g/mol. The number of methoxy groups -OCH3 is 1. The van der Waals surface area contributed by atoms with Crippen LogP contribution in [0.1, 0.15) is 31.8 Å². The Hall–Kier alpha value is -4.01. The van der Waals surface area contributed by atoms with Gasteiger partial charge in [-0.1, -0.05) is 42.5 Å². The summed E-state index contributed by atoms with van der Waals surface area (Å²) >= 11 is 0. The molecular formula is C26H24N2O6. The highest BCUT2D eigenvalue weighted by atomic mass is 16.5. The first-order valence-corrected chi connectivity index (χ1v) is 10.7. The van der Waals surface area contributed by atoms with Gasteiger partial charge in [-0.2, -0.15) is 0 Å². The number of aliphatic hydroxyl groups is 1. The summed E-state index contributed by atoms with van der Waals surface area (Å²) in [7, 11) is 1.43. The zero-order chi connectivity index (χ0) is 24.4. The number of aliphatic carboxylic acids is 1. The van der Waals surface area contributed by atoms with Crippen molar-refractivity contribution in [3.63, 3.8) is 0 Å². The van der Waals surface area contributed by atoms with Gasteiger partial charge in [-0.05, 0) is 41.8 Å². The third-order valence-electron chi connectivity index (χ3n) is 5.94. The number of aliphatic hydroxyl groups excluding tert-OH is 1. The third kappa shape index (κ3) is 4.05. The molecule has 3 N–H and O–H groups in total. The Kier molecular flexibility index (Phi) is 6.45. The van der Waals surface area contributed by atoms with Gasteiger partial charge < -0.3 is 14.9 Å². The molecule has 0 fully saturated rings. The Labute approximate surface area is 196 Å². The van der Waals surface area contributed by atoms with Gasteiger partial charge in [0.25, 0.3) is 11.8 Å². The predicted octanol–water partition coefficient (Wildman–Crippen LogP) is 3.01. The highest BCUT2D eigenvalue weighted by Gasteiger charge is 2.38. The Morgan fingerprint density at radius 3 is 2.29 bits per heavy atom. The van der Waals surface area contributed by atoms with E-state index < -0.39 is 30.4 Å². The van der Waals surface area contributed by atoms with E-state index in [-0.39, 0.29) is 17.7 Å². The second-order valence-corrected chi connectivity index (χ2v) is 7.93. The third-order valence-corrected chi connectivity index (χ3v) is 5.94. The molecule has 0 saturated heterocycles. The Morgan fingerprint density at radius 2 is 1.68 bits per heavy atom. The number of rotatable bonds is 8. The van der Waals surface area contributed by atoms with Crippen LogP contribution in [0.3, 0.4) is 0 Å². The molecule has 0 bridgehead atoms. The normalized spacial score (nSPS) is 13.7. The van der Waals surface area contributed by atoms with Crippen LogP contribution in [0.4, 0.5) is 5.69 Å². The largest absolute Gasteiger partial charge is 0.496 e. The smallest absolute Gasteiger partial charge is 0.323 e. The fraction of sp³-hybridized carbons (Fsp3) is 0.192. The van der Waals surface area contributed by atoms with Crippen molar-refractivity contribution >= 4 is 23.5 Å². The maximum absolute atomic E-state index is 13.4. The minimum atomic E-state index is -1.20. The Bertz CT molecular complexity index is 1270. The molecule has 1 aliphatic heterocycles. The van der Waals surface area contributed by atoms with E-state index in [4.69, 9.17) is 9.84 Å². The molecule has 1 aliphatic rings. The van der Waals surface area contributed by atoms with Gasteiger partial charge >= 0.3 is 5.97 Å². The van der Waals surface area contributed by atoms with E-state index in [9.17, 15) is 19.5 Å². The summed E-state index contributed by atoms with van der Waals surface area (Å²) in [6.07, 6.45) is 0. The summed E-state index contributed by atoms with van der Waals surface area (Å²) in [5.41, 5.74) is 4.11. The number of fused-ring (bicyclic) bond motifs is 1. The second-order valence-electron chi connectivity index (χ2n) is 7.93. The van der Waals surface area contributed by atoms with E-state index in [0.717, 1.165) is 21.6 Å². The average Bonchev–Trinajstić information content (AvgIpc) is 3.08. The number of carboxylic acid groups (broad SMARTS) is 1. The van der Waals surface area contributed by atoms with Gasteiger partial charge in [0.15, 0.2) is 0 Å². The van der Waals surface area contributed by atoms with Gasteiger partial charge in [-0.15, -0.1) is 0 Å². The van der Waals surface area contributed by atoms with Gasteiger partial charge in [-0.25, -0.2) is 4.90 Å². The summed E-state index contributed by atoms with van der Waals surface area (Å²) in [4.78, 5) is 39.0. The molecule has 1 atom stereocenters. The van der Waals surface area contributed by atoms with Crippen molar-refractivity contribution < 1.29 is 29.3 Å². The van der Waals surface area contributed by atoms with Crippen LogP contribution in [0, 0.1) is 6.92 Å². The van der Waals surface area contributed by atoms with Gasteiger partial charge in [0.2, 0.25) is 0 Å². The highest BCUT2D eigenvalue weighted by molar-refractivity contribution is 6.35. The monoisotopic (exact) mass is 460 g/mol. The Balaban J connectivity index is 1.71. The molecule has 174 valence electrons. The first-order valence-electron chi connectivity index (χ1n) is 10.7. The van der Waals surface area contributed by atoms with E-state index in [1.807, 2.05) is 49.4 Å². The quantitative estimate of drug-likeness (QED) is 0.443. The van der Waals surface area contributed by atoms with E-state index in [0.29, 0.717) is 17.0 Å². The van der Waals surface area contributed by atoms with Crippen LogP contribution in [0.15, 0.2) is 60.7 Å². The van der Waals surface area contributed by atoms with E-state index >= 15 is 0 Å². The summed E-state index contributed by atoms with van der Waals surface area (Å²) in [5.74, 6) is -1.78. The van der Waals surface area contributed by atoms with Crippen LogP contribution in [-0.4, -0.2) is 47.8 Å². The van der Waals surface area contributed by atoms with Gasteiger partial charge in [0.05, 0.1) is 30.5 Å². The molecule has 0 aromatic heterocycles. The lowest BCUT2D eigenvalue weighted by atomic mass is 9.99. The van der Waals surface area contributed by atoms with Crippen molar-refractivity contribution in [2.75, 3.05) is 18.6 Å². The van der Waals surface area contributed by atoms with Crippen LogP contribution in [-0.2, 0) is 11.3 Å². The molecule has 0 unspecified atom stereocenters. The maximum atomic E-state index is 13.4. The maximum Gasteiger partial charge on any atom is 0.323 e. The lowest BCUT2D eigenvalue weighted by Gasteiger charge is -2.19. The minimum Gasteiger partial charge on any atom is -0.496 e. The molecule has 3 aromatic carbocycles. The zero-order valence-corrected chi connectivity index (χ0v) is 18.7. The molecule has 1 heterocycles.